The number of fused-ring (bicyclic) bond motifs is 3. The lowest BCUT2D eigenvalue weighted by molar-refractivity contribution is 0.269. The average Bonchev–Trinajstić information content (AvgIpc) is 3.18. The zero-order chi connectivity index (χ0) is 24.4. The molecule has 1 aliphatic rings. The molecule has 0 radical (unpaired) electrons. The van der Waals surface area contributed by atoms with E-state index in [0.29, 0.717) is 33.7 Å². The van der Waals surface area contributed by atoms with Gasteiger partial charge in [0.05, 0.1) is 34.0 Å². The minimum Gasteiger partial charge on any atom is -0.475 e. The number of halogens is 1. The number of aryl methyl sites for hydroxylation is 1. The third-order valence-corrected chi connectivity index (χ3v) is 7.25. The van der Waals surface area contributed by atoms with E-state index in [1.165, 1.54) is 12.4 Å². The fourth-order valence-electron chi connectivity index (χ4n) is 3.89. The van der Waals surface area contributed by atoms with Crippen LogP contribution < -0.4 is 4.74 Å². The third-order valence-electron chi connectivity index (χ3n) is 5.53. The van der Waals surface area contributed by atoms with Gasteiger partial charge in [0.15, 0.2) is 15.7 Å². The van der Waals surface area contributed by atoms with Gasteiger partial charge in [-0.1, -0.05) is 23.7 Å². The van der Waals surface area contributed by atoms with Crippen LogP contribution in [0, 0.1) is 11.3 Å². The summed E-state index contributed by atoms with van der Waals surface area (Å²) in [4.78, 5) is 12.4. The fraction of sp³-hybridized carbons (Fsp3) is 0.217. The highest BCUT2D eigenvalue weighted by atomic mass is 35.5. The van der Waals surface area contributed by atoms with Gasteiger partial charge in [0, 0.05) is 25.0 Å². The van der Waals surface area contributed by atoms with Crippen molar-refractivity contribution in [2.24, 2.45) is 0 Å². The highest BCUT2D eigenvalue weighted by molar-refractivity contribution is 7.90. The van der Waals surface area contributed by atoms with Crippen LogP contribution in [-0.2, 0) is 22.0 Å². The van der Waals surface area contributed by atoms with E-state index in [2.05, 4.69) is 31.2 Å². The van der Waals surface area contributed by atoms with Crippen LogP contribution in [0.2, 0.25) is 5.02 Å². The van der Waals surface area contributed by atoms with Crippen molar-refractivity contribution in [3.63, 3.8) is 0 Å². The number of ether oxygens (including phenoxy) is 1. The standard InChI is InChI=1S/C23H18ClN7O3S/c24-17-11-27-20(28-12-17)6-8-35(32,33)14-21-29-30-22-18-5-2-7-26-23(18)34-13-19(31(21)22)16-4-1-3-15(9-16)10-25/h1-5,7,9,11-12,19H,6,8,13-14H2/t19-/m0/s1. The topological polar surface area (TPSA) is 137 Å². The summed E-state index contributed by atoms with van der Waals surface area (Å²) in [5.74, 6) is 0.985. The summed E-state index contributed by atoms with van der Waals surface area (Å²) in [6, 6.07) is 12.3. The van der Waals surface area contributed by atoms with Gasteiger partial charge >= 0.3 is 0 Å². The van der Waals surface area contributed by atoms with Crippen molar-refractivity contribution < 1.29 is 13.2 Å². The Kier molecular flexibility index (Phi) is 6.15. The van der Waals surface area contributed by atoms with E-state index in [1.54, 1.807) is 41.1 Å². The minimum absolute atomic E-state index is 0.143. The van der Waals surface area contributed by atoms with Crippen molar-refractivity contribution in [2.75, 3.05) is 12.4 Å². The second-order valence-electron chi connectivity index (χ2n) is 7.89. The summed E-state index contributed by atoms with van der Waals surface area (Å²) in [5.41, 5.74) is 1.86. The van der Waals surface area contributed by atoms with Crippen molar-refractivity contribution in [2.45, 2.75) is 18.2 Å². The Balaban J connectivity index is 1.51. The van der Waals surface area contributed by atoms with Crippen LogP contribution >= 0.6 is 11.6 Å². The first-order chi connectivity index (χ1) is 16.9. The molecule has 0 unspecified atom stereocenters. The molecule has 12 heteroatoms. The molecule has 0 amide bonds. The van der Waals surface area contributed by atoms with Gasteiger partial charge in [-0.15, -0.1) is 10.2 Å². The summed E-state index contributed by atoms with van der Waals surface area (Å²) in [7, 11) is -3.60. The number of aromatic nitrogens is 6. The number of rotatable bonds is 6. The Bertz CT molecular complexity index is 1530. The molecule has 4 heterocycles. The first kappa shape index (κ1) is 22.9. The zero-order valence-electron chi connectivity index (χ0n) is 18.2. The van der Waals surface area contributed by atoms with Crippen LogP contribution in [0.25, 0.3) is 11.4 Å². The summed E-state index contributed by atoms with van der Waals surface area (Å²) in [5, 5.41) is 18.3. The lowest BCUT2D eigenvalue weighted by Crippen LogP contribution is -2.22. The largest absolute Gasteiger partial charge is 0.475 e. The summed E-state index contributed by atoms with van der Waals surface area (Å²) in [6.45, 7) is 0.162. The van der Waals surface area contributed by atoms with Crippen LogP contribution in [0.1, 0.15) is 28.8 Å². The maximum Gasteiger partial charge on any atom is 0.224 e. The number of hydrogen-bond donors (Lipinski definition) is 0. The number of hydrogen-bond acceptors (Lipinski definition) is 9. The summed E-state index contributed by atoms with van der Waals surface area (Å²) < 4.78 is 33.8. The lowest BCUT2D eigenvalue weighted by atomic mass is 10.0. The molecule has 35 heavy (non-hydrogen) atoms. The molecular weight excluding hydrogens is 490 g/mol. The van der Waals surface area contributed by atoms with Gasteiger partial charge in [0.25, 0.3) is 0 Å². The van der Waals surface area contributed by atoms with E-state index in [0.717, 1.165) is 5.56 Å². The summed E-state index contributed by atoms with van der Waals surface area (Å²) >= 11 is 5.80. The van der Waals surface area contributed by atoms with Gasteiger partial charge in [-0.3, -0.25) is 4.57 Å². The van der Waals surface area contributed by atoms with E-state index >= 15 is 0 Å². The number of benzene rings is 1. The smallest absolute Gasteiger partial charge is 0.224 e. The Morgan fingerprint density at radius 2 is 1.97 bits per heavy atom. The van der Waals surface area contributed by atoms with E-state index in [4.69, 9.17) is 16.3 Å². The van der Waals surface area contributed by atoms with Gasteiger partial charge < -0.3 is 4.74 Å². The van der Waals surface area contributed by atoms with Gasteiger partial charge in [-0.25, -0.2) is 23.4 Å². The molecule has 176 valence electrons. The molecule has 4 aromatic rings. The van der Waals surface area contributed by atoms with E-state index in [9.17, 15) is 13.7 Å². The second-order valence-corrected chi connectivity index (χ2v) is 10.5. The lowest BCUT2D eigenvalue weighted by Gasteiger charge is -2.20. The zero-order valence-corrected chi connectivity index (χ0v) is 19.8. The van der Waals surface area contributed by atoms with Crippen LogP contribution in [-0.4, -0.2) is 50.5 Å². The van der Waals surface area contributed by atoms with Gasteiger partial charge in [0.1, 0.15) is 24.0 Å². The molecule has 0 spiro atoms. The Labute approximate surface area is 206 Å². The second kappa shape index (κ2) is 9.40. The molecule has 1 atom stereocenters. The number of sulfone groups is 1. The first-order valence-electron chi connectivity index (χ1n) is 10.6. The Hall–Kier alpha value is -3.88. The maximum atomic E-state index is 13.0. The molecule has 3 aromatic heterocycles. The minimum atomic E-state index is -3.60. The normalized spacial score (nSPS) is 14.8. The quantitative estimate of drug-likeness (QED) is 0.385. The highest BCUT2D eigenvalue weighted by Gasteiger charge is 2.31. The van der Waals surface area contributed by atoms with Gasteiger partial charge in [0.2, 0.25) is 5.88 Å². The first-order valence-corrected chi connectivity index (χ1v) is 12.8. The SMILES string of the molecule is N#Cc1cccc([C@@H]2COc3ncccc3-c3nnc(CS(=O)(=O)CCc4ncc(Cl)cn4)n32)c1. The molecule has 5 rings (SSSR count). The predicted octanol–water partition coefficient (Wildman–Crippen LogP) is 2.79. The monoisotopic (exact) mass is 507 g/mol. The third kappa shape index (κ3) is 4.84. The molecule has 0 saturated carbocycles. The van der Waals surface area contributed by atoms with Crippen LogP contribution in [0.5, 0.6) is 5.88 Å². The maximum absolute atomic E-state index is 13.0. The van der Waals surface area contributed by atoms with Crippen LogP contribution in [0.15, 0.2) is 55.0 Å². The van der Waals surface area contributed by atoms with Crippen molar-refractivity contribution >= 4 is 21.4 Å². The van der Waals surface area contributed by atoms with Gasteiger partial charge in [-0.2, -0.15) is 5.26 Å². The van der Waals surface area contributed by atoms with Crippen molar-refractivity contribution in [3.05, 3.63) is 82.8 Å². The summed E-state index contributed by atoms with van der Waals surface area (Å²) in [6.07, 6.45) is 4.62. The van der Waals surface area contributed by atoms with E-state index < -0.39 is 15.9 Å². The van der Waals surface area contributed by atoms with E-state index in [-0.39, 0.29) is 30.4 Å². The predicted molar refractivity (Wildman–Crippen MR) is 126 cm³/mol. The highest BCUT2D eigenvalue weighted by Crippen LogP contribution is 2.36. The Morgan fingerprint density at radius 1 is 1.14 bits per heavy atom. The van der Waals surface area contributed by atoms with Crippen LogP contribution in [0.4, 0.5) is 0 Å². The molecule has 0 aliphatic carbocycles. The molecular formula is C23H18ClN7O3S. The molecule has 0 saturated heterocycles. The molecule has 1 aliphatic heterocycles. The number of pyridine rings is 1. The number of nitrogens with zero attached hydrogens (tertiary/aromatic N) is 7. The van der Waals surface area contributed by atoms with Crippen molar-refractivity contribution in [1.29, 1.82) is 5.26 Å². The molecule has 0 bridgehead atoms. The van der Waals surface area contributed by atoms with Crippen molar-refractivity contribution in [1.82, 2.24) is 29.7 Å². The fourth-order valence-corrected chi connectivity index (χ4v) is 5.21. The van der Waals surface area contributed by atoms with Crippen molar-refractivity contribution in [3.8, 4) is 23.3 Å². The van der Waals surface area contributed by atoms with Crippen LogP contribution in [0.3, 0.4) is 0 Å². The average molecular weight is 508 g/mol. The molecule has 10 nitrogen and oxygen atoms in total. The Morgan fingerprint density at radius 3 is 2.77 bits per heavy atom. The molecule has 1 aromatic carbocycles. The van der Waals surface area contributed by atoms with E-state index in [1.807, 2.05) is 6.07 Å². The number of nitriles is 1. The molecule has 0 fully saturated rings. The molecule has 0 N–H and O–H groups in total. The van der Waals surface area contributed by atoms with Gasteiger partial charge in [-0.05, 0) is 29.8 Å².